The van der Waals surface area contributed by atoms with Gasteiger partial charge in [-0.25, -0.2) is 5.43 Å². The predicted molar refractivity (Wildman–Crippen MR) is 85.2 cm³/mol. The van der Waals surface area contributed by atoms with E-state index in [2.05, 4.69) is 50.5 Å². The van der Waals surface area contributed by atoms with Crippen molar-refractivity contribution < 1.29 is 4.74 Å². The first-order chi connectivity index (χ1) is 9.45. The first-order valence-electron chi connectivity index (χ1n) is 6.64. The molecule has 0 aliphatic carbocycles. The molecule has 0 aliphatic heterocycles. The summed E-state index contributed by atoms with van der Waals surface area (Å²) in [6, 6.07) is 10.6. The van der Waals surface area contributed by atoms with Gasteiger partial charge >= 0.3 is 0 Å². The summed E-state index contributed by atoms with van der Waals surface area (Å²) in [6.07, 6.45) is 0. The lowest BCUT2D eigenvalue weighted by Crippen LogP contribution is -2.28. The van der Waals surface area contributed by atoms with Crippen molar-refractivity contribution in [1.82, 2.24) is 5.43 Å². The first-order valence-corrected chi connectivity index (χ1v) is 7.52. The van der Waals surface area contributed by atoms with E-state index < -0.39 is 0 Å². The molecule has 1 aromatic carbocycles. The number of methoxy groups -OCH3 is 1. The molecule has 1 atom stereocenters. The molecule has 0 saturated carbocycles. The monoisotopic (exact) mass is 290 g/mol. The lowest BCUT2D eigenvalue weighted by atomic mass is 9.86. The number of benzene rings is 1. The van der Waals surface area contributed by atoms with E-state index in [1.165, 1.54) is 5.56 Å². The van der Waals surface area contributed by atoms with E-state index >= 15 is 0 Å². The lowest BCUT2D eigenvalue weighted by Gasteiger charge is -2.21. The average Bonchev–Trinajstić information content (AvgIpc) is 2.88. The van der Waals surface area contributed by atoms with Crippen molar-refractivity contribution in [3.8, 4) is 5.75 Å². The summed E-state index contributed by atoms with van der Waals surface area (Å²) in [5.41, 5.74) is 5.53. The van der Waals surface area contributed by atoms with Crippen LogP contribution in [0.4, 0.5) is 0 Å². The summed E-state index contributed by atoms with van der Waals surface area (Å²) >= 11 is 1.64. The van der Waals surface area contributed by atoms with Crippen LogP contribution in [0.25, 0.3) is 0 Å². The van der Waals surface area contributed by atoms with Crippen LogP contribution < -0.4 is 16.0 Å². The Labute approximate surface area is 124 Å². The van der Waals surface area contributed by atoms with Crippen LogP contribution in [-0.4, -0.2) is 7.11 Å². The van der Waals surface area contributed by atoms with Crippen LogP contribution in [0.1, 0.15) is 42.8 Å². The van der Waals surface area contributed by atoms with Crippen LogP contribution in [0.15, 0.2) is 35.7 Å². The molecule has 0 fully saturated rings. The molecule has 108 valence electrons. The van der Waals surface area contributed by atoms with Gasteiger partial charge in [0.05, 0.1) is 13.2 Å². The lowest BCUT2D eigenvalue weighted by molar-refractivity contribution is 0.416. The fourth-order valence-electron chi connectivity index (χ4n) is 2.11. The van der Waals surface area contributed by atoms with Gasteiger partial charge < -0.3 is 4.74 Å². The highest BCUT2D eigenvalue weighted by molar-refractivity contribution is 7.10. The molecule has 2 rings (SSSR count). The molecule has 20 heavy (non-hydrogen) atoms. The number of ether oxygens (including phenoxy) is 1. The van der Waals surface area contributed by atoms with Gasteiger partial charge in [0, 0.05) is 10.3 Å². The van der Waals surface area contributed by atoms with Gasteiger partial charge in [0.2, 0.25) is 0 Å². The molecule has 0 aliphatic rings. The van der Waals surface area contributed by atoms with Gasteiger partial charge in [0.15, 0.2) is 0 Å². The molecule has 2 aromatic rings. The van der Waals surface area contributed by atoms with Gasteiger partial charge in [-0.2, -0.15) is 0 Å². The standard InChI is InChI=1S/C16H22N2OS/c1-16(2,3)12-7-5-11(6-8-12)15(18-17)14-9-13(19-4)10-20-14/h5-10,15,18H,17H2,1-4H3. The number of thiophene rings is 1. The van der Waals surface area contributed by atoms with E-state index in [1.54, 1.807) is 18.4 Å². The third-order valence-electron chi connectivity index (χ3n) is 3.39. The van der Waals surface area contributed by atoms with E-state index in [0.717, 1.165) is 16.2 Å². The Morgan fingerprint density at radius 1 is 1.20 bits per heavy atom. The second-order valence-electron chi connectivity index (χ2n) is 5.86. The molecule has 0 spiro atoms. The molecule has 0 bridgehead atoms. The molecule has 3 N–H and O–H groups in total. The number of hydrogen-bond donors (Lipinski definition) is 2. The van der Waals surface area contributed by atoms with Gasteiger partial charge in [-0.3, -0.25) is 5.84 Å². The maximum Gasteiger partial charge on any atom is 0.129 e. The summed E-state index contributed by atoms with van der Waals surface area (Å²) in [7, 11) is 1.68. The van der Waals surface area contributed by atoms with Crippen LogP contribution in [0, 0.1) is 0 Å². The molecular formula is C16H22N2OS. The van der Waals surface area contributed by atoms with E-state index in [1.807, 2.05) is 11.4 Å². The minimum atomic E-state index is -0.00193. The summed E-state index contributed by atoms with van der Waals surface area (Å²) in [6.45, 7) is 6.64. The maximum absolute atomic E-state index is 5.73. The quantitative estimate of drug-likeness (QED) is 0.668. The van der Waals surface area contributed by atoms with Crippen LogP contribution in [0.2, 0.25) is 0 Å². The molecule has 3 nitrogen and oxygen atoms in total. The van der Waals surface area contributed by atoms with Crippen molar-refractivity contribution in [3.63, 3.8) is 0 Å². The molecule has 4 heteroatoms. The zero-order valence-electron chi connectivity index (χ0n) is 12.4. The molecule has 1 aromatic heterocycles. The van der Waals surface area contributed by atoms with E-state index in [4.69, 9.17) is 10.6 Å². The Hall–Kier alpha value is -1.36. The Morgan fingerprint density at radius 3 is 2.30 bits per heavy atom. The van der Waals surface area contributed by atoms with Gasteiger partial charge in [-0.1, -0.05) is 45.0 Å². The van der Waals surface area contributed by atoms with E-state index in [9.17, 15) is 0 Å². The van der Waals surface area contributed by atoms with Crippen LogP contribution >= 0.6 is 11.3 Å². The molecular weight excluding hydrogens is 268 g/mol. The summed E-state index contributed by atoms with van der Waals surface area (Å²) < 4.78 is 5.23. The molecule has 1 heterocycles. The number of hydrogen-bond acceptors (Lipinski definition) is 4. The Balaban J connectivity index is 2.28. The highest BCUT2D eigenvalue weighted by Gasteiger charge is 2.17. The second-order valence-corrected chi connectivity index (χ2v) is 6.80. The summed E-state index contributed by atoms with van der Waals surface area (Å²) in [5, 5.41) is 1.99. The van der Waals surface area contributed by atoms with Crippen molar-refractivity contribution in [2.45, 2.75) is 32.2 Å². The SMILES string of the molecule is COc1csc(C(NN)c2ccc(C(C)(C)C)cc2)c1. The fraction of sp³-hybridized carbons (Fsp3) is 0.375. The third-order valence-corrected chi connectivity index (χ3v) is 4.37. The smallest absolute Gasteiger partial charge is 0.129 e. The van der Waals surface area contributed by atoms with Crippen LogP contribution in [-0.2, 0) is 5.41 Å². The first kappa shape index (κ1) is 15.0. The molecule has 0 saturated heterocycles. The number of hydrazine groups is 1. The minimum absolute atomic E-state index is 0.00193. The van der Waals surface area contributed by atoms with E-state index in [0.29, 0.717) is 0 Å². The van der Waals surface area contributed by atoms with Crippen molar-refractivity contribution in [3.05, 3.63) is 51.7 Å². The van der Waals surface area contributed by atoms with Crippen LogP contribution in [0.3, 0.4) is 0 Å². The third kappa shape index (κ3) is 3.20. The van der Waals surface area contributed by atoms with Gasteiger partial charge in [0.1, 0.15) is 5.75 Å². The zero-order chi connectivity index (χ0) is 14.8. The zero-order valence-corrected chi connectivity index (χ0v) is 13.3. The van der Waals surface area contributed by atoms with E-state index in [-0.39, 0.29) is 11.5 Å². The highest BCUT2D eigenvalue weighted by atomic mass is 32.1. The highest BCUT2D eigenvalue weighted by Crippen LogP contribution is 2.31. The largest absolute Gasteiger partial charge is 0.496 e. The topological polar surface area (TPSA) is 47.3 Å². The Morgan fingerprint density at radius 2 is 1.85 bits per heavy atom. The number of rotatable bonds is 4. The van der Waals surface area contributed by atoms with Gasteiger partial charge in [-0.05, 0) is 22.6 Å². The predicted octanol–water partition coefficient (Wildman–Crippen LogP) is 3.61. The van der Waals surface area contributed by atoms with Gasteiger partial charge in [-0.15, -0.1) is 11.3 Å². The number of nitrogens with one attached hydrogen (secondary N) is 1. The number of nitrogens with two attached hydrogens (primary N) is 1. The maximum atomic E-state index is 5.73. The average molecular weight is 290 g/mol. The van der Waals surface area contributed by atoms with Crippen molar-refractivity contribution >= 4 is 11.3 Å². The summed E-state index contributed by atoms with van der Waals surface area (Å²) in [4.78, 5) is 1.15. The van der Waals surface area contributed by atoms with Gasteiger partial charge in [0.25, 0.3) is 0 Å². The molecule has 0 radical (unpaired) electrons. The summed E-state index contributed by atoms with van der Waals surface area (Å²) in [5.74, 6) is 6.60. The van der Waals surface area contributed by atoms with Crippen molar-refractivity contribution in [2.24, 2.45) is 5.84 Å². The fourth-order valence-corrected chi connectivity index (χ4v) is 3.05. The normalized spacial score (nSPS) is 13.2. The minimum Gasteiger partial charge on any atom is -0.496 e. The Kier molecular flexibility index (Phi) is 4.48. The molecule has 1 unspecified atom stereocenters. The second kappa shape index (κ2) is 5.95. The van der Waals surface area contributed by atoms with Crippen LogP contribution in [0.5, 0.6) is 5.75 Å². The van der Waals surface area contributed by atoms with Crippen molar-refractivity contribution in [1.29, 1.82) is 0 Å². The molecule has 0 amide bonds. The Bertz CT molecular complexity index is 555. The van der Waals surface area contributed by atoms with Crippen molar-refractivity contribution in [2.75, 3.05) is 7.11 Å².